The molecule has 1 aromatic rings. The third-order valence-corrected chi connectivity index (χ3v) is 2.53. The molecule has 0 radical (unpaired) electrons. The fourth-order valence-corrected chi connectivity index (χ4v) is 1.86. The van der Waals surface area contributed by atoms with Crippen molar-refractivity contribution < 1.29 is 0 Å². The lowest BCUT2D eigenvalue weighted by Crippen LogP contribution is -2.13. The van der Waals surface area contributed by atoms with Crippen LogP contribution in [0.15, 0.2) is 5.38 Å². The molecule has 12 heavy (non-hydrogen) atoms. The van der Waals surface area contributed by atoms with E-state index in [0.29, 0.717) is 5.92 Å². The maximum absolute atomic E-state index is 5.95. The van der Waals surface area contributed by atoms with Crippen molar-refractivity contribution in [1.29, 1.82) is 0 Å². The molecule has 0 aromatic carbocycles. The Hall–Kier alpha value is -0.410. The summed E-state index contributed by atoms with van der Waals surface area (Å²) in [5, 5.41) is 3.16. The zero-order chi connectivity index (χ0) is 9.14. The lowest BCUT2D eigenvalue weighted by Gasteiger charge is -2.10. The molecule has 2 nitrogen and oxygen atoms in total. The highest BCUT2D eigenvalue weighted by Crippen LogP contribution is 2.20. The second-order valence-electron chi connectivity index (χ2n) is 3.53. The fraction of sp³-hybridized carbons (Fsp3) is 0.667. The second-order valence-corrected chi connectivity index (χ2v) is 4.59. The first-order valence-corrected chi connectivity index (χ1v) is 5.15. The van der Waals surface area contributed by atoms with Gasteiger partial charge in [-0.15, -0.1) is 11.3 Å². The minimum Gasteiger partial charge on any atom is -0.323 e. The molecule has 68 valence electrons. The molecule has 0 saturated carbocycles. The zero-order valence-corrected chi connectivity index (χ0v) is 8.69. The van der Waals surface area contributed by atoms with Crippen LogP contribution in [0.1, 0.15) is 37.0 Å². The highest BCUT2D eigenvalue weighted by Gasteiger charge is 2.10. The molecule has 0 spiro atoms. The van der Waals surface area contributed by atoms with Crippen molar-refractivity contribution in [3.05, 3.63) is 16.1 Å². The van der Waals surface area contributed by atoms with Crippen LogP contribution in [0.4, 0.5) is 0 Å². The third kappa shape index (κ3) is 2.57. The molecular weight excluding hydrogens is 168 g/mol. The molecule has 0 aliphatic carbocycles. The fourth-order valence-electron chi connectivity index (χ4n) is 1.18. The lowest BCUT2D eigenvalue weighted by molar-refractivity contribution is 0.503. The SMILES string of the molecule is Cc1nc(C(N)CC(C)C)cs1. The first-order chi connectivity index (χ1) is 5.59. The van der Waals surface area contributed by atoms with Crippen molar-refractivity contribution in [2.75, 3.05) is 0 Å². The second kappa shape index (κ2) is 4.01. The Balaban J connectivity index is 2.58. The summed E-state index contributed by atoms with van der Waals surface area (Å²) in [6.45, 7) is 6.37. The van der Waals surface area contributed by atoms with Crippen molar-refractivity contribution in [1.82, 2.24) is 4.98 Å². The molecule has 0 bridgehead atoms. The van der Waals surface area contributed by atoms with Gasteiger partial charge in [0.05, 0.1) is 10.7 Å². The molecule has 0 aliphatic heterocycles. The maximum Gasteiger partial charge on any atom is 0.0898 e. The first kappa shape index (κ1) is 9.68. The number of aryl methyl sites for hydroxylation is 1. The van der Waals surface area contributed by atoms with Gasteiger partial charge in [0.1, 0.15) is 0 Å². The summed E-state index contributed by atoms with van der Waals surface area (Å²) < 4.78 is 0. The van der Waals surface area contributed by atoms with E-state index in [1.165, 1.54) is 0 Å². The predicted octanol–water partition coefficient (Wildman–Crippen LogP) is 2.50. The molecule has 0 aliphatic rings. The van der Waals surface area contributed by atoms with Gasteiger partial charge in [-0.05, 0) is 19.3 Å². The molecule has 0 saturated heterocycles. The monoisotopic (exact) mass is 184 g/mol. The van der Waals surface area contributed by atoms with Crippen molar-refractivity contribution >= 4 is 11.3 Å². The smallest absolute Gasteiger partial charge is 0.0898 e. The number of aromatic nitrogens is 1. The van der Waals surface area contributed by atoms with E-state index in [1.807, 2.05) is 6.92 Å². The first-order valence-electron chi connectivity index (χ1n) is 4.27. The molecule has 2 N–H and O–H groups in total. The summed E-state index contributed by atoms with van der Waals surface area (Å²) in [5.41, 5.74) is 7.00. The largest absolute Gasteiger partial charge is 0.323 e. The van der Waals surface area contributed by atoms with E-state index in [1.54, 1.807) is 11.3 Å². The summed E-state index contributed by atoms with van der Waals surface area (Å²) in [6.07, 6.45) is 1.02. The number of nitrogens with two attached hydrogens (primary N) is 1. The number of hydrogen-bond donors (Lipinski definition) is 1. The number of nitrogens with zero attached hydrogens (tertiary/aromatic N) is 1. The van der Waals surface area contributed by atoms with Gasteiger partial charge in [-0.2, -0.15) is 0 Å². The van der Waals surface area contributed by atoms with Crippen LogP contribution in [-0.2, 0) is 0 Å². The summed E-state index contributed by atoms with van der Waals surface area (Å²) in [5.74, 6) is 0.641. The Bertz CT molecular complexity index is 242. The van der Waals surface area contributed by atoms with Crippen LogP contribution in [0.2, 0.25) is 0 Å². The molecule has 0 fully saturated rings. The maximum atomic E-state index is 5.95. The zero-order valence-electron chi connectivity index (χ0n) is 7.87. The van der Waals surface area contributed by atoms with Crippen molar-refractivity contribution in [2.24, 2.45) is 11.7 Å². The average molecular weight is 184 g/mol. The minimum atomic E-state index is 0.120. The van der Waals surface area contributed by atoms with E-state index in [4.69, 9.17) is 5.73 Å². The topological polar surface area (TPSA) is 38.9 Å². The molecular formula is C9H16N2S. The van der Waals surface area contributed by atoms with Crippen LogP contribution in [0.3, 0.4) is 0 Å². The van der Waals surface area contributed by atoms with E-state index in [-0.39, 0.29) is 6.04 Å². The van der Waals surface area contributed by atoms with Gasteiger partial charge in [0.25, 0.3) is 0 Å². The van der Waals surface area contributed by atoms with E-state index >= 15 is 0 Å². The Morgan fingerprint density at radius 3 is 2.67 bits per heavy atom. The highest BCUT2D eigenvalue weighted by atomic mass is 32.1. The average Bonchev–Trinajstić information content (AvgIpc) is 2.34. The number of thiazole rings is 1. The molecule has 1 atom stereocenters. The predicted molar refractivity (Wildman–Crippen MR) is 53.2 cm³/mol. The molecule has 0 amide bonds. The quantitative estimate of drug-likeness (QED) is 0.784. The van der Waals surface area contributed by atoms with Gasteiger partial charge >= 0.3 is 0 Å². The van der Waals surface area contributed by atoms with E-state index in [0.717, 1.165) is 17.1 Å². The Morgan fingerprint density at radius 2 is 2.25 bits per heavy atom. The van der Waals surface area contributed by atoms with Crippen LogP contribution in [0, 0.1) is 12.8 Å². The Kier molecular flexibility index (Phi) is 3.23. The third-order valence-electron chi connectivity index (χ3n) is 1.74. The molecule has 1 unspecified atom stereocenters. The number of rotatable bonds is 3. The van der Waals surface area contributed by atoms with Crippen molar-refractivity contribution in [2.45, 2.75) is 33.2 Å². The van der Waals surface area contributed by atoms with Gasteiger partial charge < -0.3 is 5.73 Å². The summed E-state index contributed by atoms with van der Waals surface area (Å²) in [7, 11) is 0. The molecule has 1 rings (SSSR count). The summed E-state index contributed by atoms with van der Waals surface area (Å²) in [4.78, 5) is 4.36. The van der Waals surface area contributed by atoms with Crippen LogP contribution in [0.25, 0.3) is 0 Å². The molecule has 1 aromatic heterocycles. The van der Waals surface area contributed by atoms with Crippen LogP contribution >= 0.6 is 11.3 Å². The normalized spacial score (nSPS) is 13.8. The lowest BCUT2D eigenvalue weighted by atomic mass is 10.0. The van der Waals surface area contributed by atoms with Gasteiger partial charge in [-0.25, -0.2) is 4.98 Å². The van der Waals surface area contributed by atoms with E-state index in [2.05, 4.69) is 24.2 Å². The molecule has 3 heteroatoms. The number of hydrogen-bond acceptors (Lipinski definition) is 3. The van der Waals surface area contributed by atoms with Crippen LogP contribution < -0.4 is 5.73 Å². The van der Waals surface area contributed by atoms with Gasteiger partial charge in [0.2, 0.25) is 0 Å². The standard InChI is InChI=1S/C9H16N2S/c1-6(2)4-8(10)9-5-12-7(3)11-9/h5-6,8H,4,10H2,1-3H3. The van der Waals surface area contributed by atoms with Gasteiger partial charge in [0.15, 0.2) is 0 Å². The van der Waals surface area contributed by atoms with Crippen LogP contribution in [0.5, 0.6) is 0 Å². The summed E-state index contributed by atoms with van der Waals surface area (Å²) >= 11 is 1.67. The van der Waals surface area contributed by atoms with Crippen molar-refractivity contribution in [3.63, 3.8) is 0 Å². The Labute approximate surface area is 77.8 Å². The highest BCUT2D eigenvalue weighted by molar-refractivity contribution is 7.09. The van der Waals surface area contributed by atoms with E-state index in [9.17, 15) is 0 Å². The van der Waals surface area contributed by atoms with Gasteiger partial charge in [-0.1, -0.05) is 13.8 Å². The summed E-state index contributed by atoms with van der Waals surface area (Å²) in [6, 6.07) is 0.120. The van der Waals surface area contributed by atoms with Gasteiger partial charge in [0, 0.05) is 11.4 Å². The molecule has 1 heterocycles. The van der Waals surface area contributed by atoms with Crippen molar-refractivity contribution in [3.8, 4) is 0 Å². The van der Waals surface area contributed by atoms with E-state index < -0.39 is 0 Å². The minimum absolute atomic E-state index is 0.120. The van der Waals surface area contributed by atoms with Gasteiger partial charge in [-0.3, -0.25) is 0 Å². The Morgan fingerprint density at radius 1 is 1.58 bits per heavy atom. The van der Waals surface area contributed by atoms with Crippen LogP contribution in [-0.4, -0.2) is 4.98 Å².